The molecular weight excluding hydrogens is 110 g/mol. The van der Waals surface area contributed by atoms with Crippen LogP contribution in [-0.2, 0) is 0 Å². The van der Waals surface area contributed by atoms with Gasteiger partial charge in [0.2, 0.25) is 0 Å². The zero-order valence-corrected chi connectivity index (χ0v) is 5.15. The van der Waals surface area contributed by atoms with Crippen molar-refractivity contribution < 1.29 is 0 Å². The summed E-state index contributed by atoms with van der Waals surface area (Å²) in [5, 5.41) is 8.54. The highest BCUT2D eigenvalue weighted by molar-refractivity contribution is 5.50. The monoisotopic (exact) mass is 117 g/mol. The Kier molecular flexibility index (Phi) is 0.790. The van der Waals surface area contributed by atoms with Gasteiger partial charge in [0.15, 0.2) is 0 Å². The summed E-state index contributed by atoms with van der Waals surface area (Å²) in [5.41, 5.74) is 3.77. The van der Waals surface area contributed by atoms with E-state index in [0.717, 1.165) is 18.4 Å². The molecule has 0 aliphatic heterocycles. The van der Waals surface area contributed by atoms with Gasteiger partial charge in [0.25, 0.3) is 0 Å². The third kappa shape index (κ3) is 0.533. The molecule has 1 nitrogen and oxygen atoms in total. The Labute approximate surface area is 54.3 Å². The van der Waals surface area contributed by atoms with Crippen LogP contribution in [0.15, 0.2) is 22.8 Å². The van der Waals surface area contributed by atoms with Gasteiger partial charge < -0.3 is 0 Å². The van der Waals surface area contributed by atoms with Gasteiger partial charge in [-0.3, -0.25) is 0 Å². The minimum Gasteiger partial charge on any atom is -0.192 e. The summed E-state index contributed by atoms with van der Waals surface area (Å²) >= 11 is 0. The zero-order chi connectivity index (χ0) is 6.27. The van der Waals surface area contributed by atoms with Crippen LogP contribution < -0.4 is 0 Å². The predicted octanol–water partition coefficient (Wildman–Crippen LogP) is 1.93. The summed E-state index contributed by atoms with van der Waals surface area (Å²) < 4.78 is 0. The first-order chi connectivity index (χ1) is 4.40. The maximum atomic E-state index is 8.54. The highest BCUT2D eigenvalue weighted by Gasteiger charge is 2.21. The lowest BCUT2D eigenvalue weighted by molar-refractivity contribution is 1.03. The molecule has 2 bridgehead atoms. The van der Waals surface area contributed by atoms with Crippen molar-refractivity contribution in [2.24, 2.45) is 0 Å². The zero-order valence-electron chi connectivity index (χ0n) is 5.15. The van der Waals surface area contributed by atoms with E-state index < -0.39 is 0 Å². The van der Waals surface area contributed by atoms with Crippen LogP contribution in [-0.4, -0.2) is 0 Å². The lowest BCUT2D eigenvalue weighted by Crippen LogP contribution is -1.79. The lowest BCUT2D eigenvalue weighted by Gasteiger charge is -1.93. The number of nitriles is 1. The van der Waals surface area contributed by atoms with Gasteiger partial charge in [0, 0.05) is 0 Å². The molecule has 1 heteroatoms. The highest BCUT2D eigenvalue weighted by Crippen LogP contribution is 2.38. The van der Waals surface area contributed by atoms with Gasteiger partial charge in [-0.1, -0.05) is 5.57 Å². The smallest absolute Gasteiger partial charge is 0.0991 e. The Morgan fingerprint density at radius 1 is 1.44 bits per heavy atom. The fraction of sp³-hybridized carbons (Fsp3) is 0.375. The van der Waals surface area contributed by atoms with Crippen molar-refractivity contribution in [3.8, 4) is 6.07 Å². The molecule has 0 unspecified atom stereocenters. The third-order valence-electron chi connectivity index (χ3n) is 2.04. The van der Waals surface area contributed by atoms with E-state index in [1.807, 2.05) is 6.08 Å². The fourth-order valence-corrected chi connectivity index (χ4v) is 1.53. The first-order valence-corrected chi connectivity index (χ1v) is 3.22. The van der Waals surface area contributed by atoms with Crippen molar-refractivity contribution in [3.05, 3.63) is 22.8 Å². The van der Waals surface area contributed by atoms with Crippen LogP contribution in [0.25, 0.3) is 0 Å². The second-order valence-corrected chi connectivity index (χ2v) is 2.61. The van der Waals surface area contributed by atoms with Gasteiger partial charge in [-0.15, -0.1) is 0 Å². The molecule has 0 N–H and O–H groups in total. The van der Waals surface area contributed by atoms with E-state index in [2.05, 4.69) is 6.07 Å². The lowest BCUT2D eigenvalue weighted by atomic mass is 10.1. The van der Waals surface area contributed by atoms with Crippen LogP contribution in [0.4, 0.5) is 0 Å². The molecule has 1 saturated carbocycles. The molecule has 0 saturated heterocycles. The first kappa shape index (κ1) is 4.81. The van der Waals surface area contributed by atoms with Crippen LogP contribution in [0.5, 0.6) is 0 Å². The third-order valence-corrected chi connectivity index (χ3v) is 2.04. The summed E-state index contributed by atoms with van der Waals surface area (Å²) in [6, 6.07) is 2.20. The van der Waals surface area contributed by atoms with Gasteiger partial charge in [-0.05, 0) is 30.9 Å². The molecule has 9 heavy (non-hydrogen) atoms. The Balaban J connectivity index is 2.47. The number of allylic oxidation sites excluding steroid dienone is 4. The molecule has 0 atom stereocenters. The minimum absolute atomic E-state index is 0.941. The molecule has 0 aromatic carbocycles. The molecule has 0 radical (unpaired) electrons. The summed E-state index contributed by atoms with van der Waals surface area (Å²) in [6.45, 7) is 0. The Morgan fingerprint density at radius 2 is 2.33 bits per heavy atom. The molecule has 0 aromatic heterocycles. The molecule has 0 heterocycles. The second kappa shape index (κ2) is 1.48. The SMILES string of the molecule is N#CC1=C2CCC(=C1)C2. The maximum absolute atomic E-state index is 8.54. The molecule has 0 amide bonds. The predicted molar refractivity (Wildman–Crippen MR) is 34.6 cm³/mol. The van der Waals surface area contributed by atoms with E-state index in [-0.39, 0.29) is 0 Å². The van der Waals surface area contributed by atoms with Crippen molar-refractivity contribution in [3.63, 3.8) is 0 Å². The highest BCUT2D eigenvalue weighted by atomic mass is 14.3. The first-order valence-electron chi connectivity index (χ1n) is 3.22. The molecule has 2 aliphatic carbocycles. The van der Waals surface area contributed by atoms with Crippen molar-refractivity contribution in [1.82, 2.24) is 0 Å². The van der Waals surface area contributed by atoms with E-state index in [4.69, 9.17) is 5.26 Å². The van der Waals surface area contributed by atoms with Gasteiger partial charge in [0.05, 0.1) is 11.6 Å². The number of hydrogen-bond donors (Lipinski definition) is 0. The normalized spacial score (nSPS) is 22.3. The number of fused-ring (bicyclic) bond motifs is 2. The van der Waals surface area contributed by atoms with Crippen molar-refractivity contribution in [1.29, 1.82) is 5.26 Å². The summed E-state index contributed by atoms with van der Waals surface area (Å²) in [7, 11) is 0. The van der Waals surface area contributed by atoms with E-state index in [1.54, 1.807) is 0 Å². The molecule has 0 spiro atoms. The maximum Gasteiger partial charge on any atom is 0.0991 e. The average Bonchev–Trinajstić information content (AvgIpc) is 2.45. The second-order valence-electron chi connectivity index (χ2n) is 2.61. The number of hydrogen-bond acceptors (Lipinski definition) is 1. The van der Waals surface area contributed by atoms with Crippen LogP contribution in [0, 0.1) is 11.3 Å². The average molecular weight is 117 g/mol. The van der Waals surface area contributed by atoms with E-state index in [0.29, 0.717) is 0 Å². The van der Waals surface area contributed by atoms with Crippen LogP contribution in [0.2, 0.25) is 0 Å². The number of rotatable bonds is 0. The van der Waals surface area contributed by atoms with Crippen molar-refractivity contribution >= 4 is 0 Å². The molecule has 2 aliphatic rings. The molecule has 1 fully saturated rings. The number of nitrogens with zero attached hydrogens (tertiary/aromatic N) is 1. The van der Waals surface area contributed by atoms with Crippen LogP contribution >= 0.6 is 0 Å². The quantitative estimate of drug-likeness (QED) is 0.475. The molecule has 44 valence electrons. The standard InChI is InChI=1S/C8H7N/c9-5-8-4-6-1-2-7(8)3-6/h4H,1-3H2. The van der Waals surface area contributed by atoms with Crippen LogP contribution in [0.3, 0.4) is 0 Å². The minimum atomic E-state index is 0.941. The van der Waals surface area contributed by atoms with Gasteiger partial charge in [-0.25, -0.2) is 0 Å². The van der Waals surface area contributed by atoms with E-state index in [1.165, 1.54) is 17.6 Å². The molecule has 0 aromatic rings. The topological polar surface area (TPSA) is 23.8 Å². The van der Waals surface area contributed by atoms with Crippen LogP contribution in [0.1, 0.15) is 19.3 Å². The van der Waals surface area contributed by atoms with Gasteiger partial charge in [-0.2, -0.15) is 5.26 Å². The van der Waals surface area contributed by atoms with Gasteiger partial charge >= 0.3 is 0 Å². The Hall–Kier alpha value is -1.03. The Bertz CT molecular complexity index is 250. The Morgan fingerprint density at radius 3 is 2.67 bits per heavy atom. The largest absolute Gasteiger partial charge is 0.192 e. The van der Waals surface area contributed by atoms with E-state index >= 15 is 0 Å². The van der Waals surface area contributed by atoms with Crippen molar-refractivity contribution in [2.75, 3.05) is 0 Å². The summed E-state index contributed by atoms with van der Waals surface area (Å²) in [4.78, 5) is 0. The summed E-state index contributed by atoms with van der Waals surface area (Å²) in [6.07, 6.45) is 5.50. The van der Waals surface area contributed by atoms with E-state index in [9.17, 15) is 0 Å². The van der Waals surface area contributed by atoms with Crippen molar-refractivity contribution in [2.45, 2.75) is 19.3 Å². The molecular formula is C8H7N. The van der Waals surface area contributed by atoms with Gasteiger partial charge in [0.1, 0.15) is 0 Å². The molecule has 2 rings (SSSR count). The summed E-state index contributed by atoms with van der Waals surface area (Å²) in [5.74, 6) is 0. The fourth-order valence-electron chi connectivity index (χ4n) is 1.53.